The molecule has 6 rings (SSSR count). The number of ketones is 1. The summed E-state index contributed by atoms with van der Waals surface area (Å²) in [5.74, 6) is -1.08. The van der Waals surface area contributed by atoms with Crippen LogP contribution in [-0.2, 0) is 27.5 Å². The number of phenolic OH excluding ortho intramolecular Hbond substituents is 1. The molecule has 2 aromatic rings. The SMILES string of the molecule is O.O=C(C1=CC=C2C=CC3=CC=C(Cc4ccccc4C(=O)O)C4=CC=C1C2C34)c1ccccc1O.[W]. The molecule has 4 aliphatic rings. The van der Waals surface area contributed by atoms with Crippen molar-refractivity contribution < 1.29 is 46.3 Å². The van der Waals surface area contributed by atoms with Gasteiger partial charge < -0.3 is 15.7 Å². The van der Waals surface area contributed by atoms with E-state index in [1.165, 1.54) is 11.6 Å². The maximum atomic E-state index is 13.4. The molecule has 0 saturated heterocycles. The van der Waals surface area contributed by atoms with Crippen molar-refractivity contribution in [1.29, 1.82) is 0 Å². The third kappa shape index (κ3) is 4.35. The van der Waals surface area contributed by atoms with Gasteiger partial charge in [0.2, 0.25) is 0 Å². The number of rotatable bonds is 5. The Morgan fingerprint density at radius 3 is 2.03 bits per heavy atom. The number of Topliss-reactive ketones (excluding diaryl/α,β-unsaturated/α-hetero) is 1. The van der Waals surface area contributed by atoms with E-state index in [1.54, 1.807) is 30.3 Å². The molecular formula is C31H24O5W. The Morgan fingerprint density at radius 1 is 0.730 bits per heavy atom. The first-order chi connectivity index (χ1) is 17.0. The number of benzene rings is 2. The molecule has 0 amide bonds. The van der Waals surface area contributed by atoms with Crippen molar-refractivity contribution in [3.63, 3.8) is 0 Å². The van der Waals surface area contributed by atoms with Gasteiger partial charge in [-0.2, -0.15) is 0 Å². The van der Waals surface area contributed by atoms with Crippen molar-refractivity contribution in [1.82, 2.24) is 0 Å². The van der Waals surface area contributed by atoms with Crippen LogP contribution in [0.15, 0.2) is 131 Å². The third-order valence-electron chi connectivity index (χ3n) is 7.26. The first kappa shape index (κ1) is 26.3. The van der Waals surface area contributed by atoms with Crippen molar-refractivity contribution in [2.75, 3.05) is 0 Å². The van der Waals surface area contributed by atoms with E-state index in [1.807, 2.05) is 30.4 Å². The molecule has 184 valence electrons. The Balaban J connectivity index is 0.00000160. The van der Waals surface area contributed by atoms with E-state index >= 15 is 0 Å². The van der Waals surface area contributed by atoms with Crippen molar-refractivity contribution in [3.05, 3.63) is 147 Å². The van der Waals surface area contributed by atoms with Gasteiger partial charge in [-0.05, 0) is 58.0 Å². The van der Waals surface area contributed by atoms with Crippen LogP contribution in [0.3, 0.4) is 0 Å². The Bertz CT molecular complexity index is 1530. The molecule has 37 heavy (non-hydrogen) atoms. The molecule has 5 nitrogen and oxygen atoms in total. The number of para-hydroxylation sites is 1. The molecule has 0 spiro atoms. The molecule has 0 saturated carbocycles. The molecular weight excluding hydrogens is 636 g/mol. The summed E-state index contributed by atoms with van der Waals surface area (Å²) in [5, 5.41) is 19.9. The minimum absolute atomic E-state index is 0. The van der Waals surface area contributed by atoms with Gasteiger partial charge >= 0.3 is 5.97 Å². The van der Waals surface area contributed by atoms with Gasteiger partial charge in [-0.1, -0.05) is 78.9 Å². The van der Waals surface area contributed by atoms with Crippen LogP contribution < -0.4 is 0 Å². The summed E-state index contributed by atoms with van der Waals surface area (Å²) in [7, 11) is 0. The predicted octanol–water partition coefficient (Wildman–Crippen LogP) is 5.09. The molecule has 0 bridgehead atoms. The Labute approximate surface area is 228 Å². The van der Waals surface area contributed by atoms with Crippen molar-refractivity contribution in [2.24, 2.45) is 11.8 Å². The first-order valence-electron chi connectivity index (χ1n) is 11.6. The first-order valence-corrected chi connectivity index (χ1v) is 11.6. The van der Waals surface area contributed by atoms with Crippen LogP contribution in [0.2, 0.25) is 0 Å². The van der Waals surface area contributed by atoms with Gasteiger partial charge in [-0.15, -0.1) is 0 Å². The van der Waals surface area contributed by atoms with Crippen LogP contribution in [0.1, 0.15) is 26.3 Å². The number of carbonyl (C=O) groups excluding carboxylic acids is 1. The second kappa shape index (κ2) is 10.3. The zero-order valence-corrected chi connectivity index (χ0v) is 22.7. The maximum absolute atomic E-state index is 13.4. The van der Waals surface area contributed by atoms with Gasteiger partial charge in [0.15, 0.2) is 5.78 Å². The van der Waals surface area contributed by atoms with Gasteiger partial charge in [-0.25, -0.2) is 4.79 Å². The topological polar surface area (TPSA) is 106 Å². The normalized spacial score (nSPS) is 20.3. The molecule has 2 aromatic carbocycles. The fourth-order valence-corrected chi connectivity index (χ4v) is 5.61. The van der Waals surface area contributed by atoms with E-state index in [4.69, 9.17) is 0 Å². The third-order valence-corrected chi connectivity index (χ3v) is 7.26. The molecule has 6 heteroatoms. The van der Waals surface area contributed by atoms with Crippen LogP contribution in [0.4, 0.5) is 0 Å². The minimum Gasteiger partial charge on any atom is -0.507 e. The fourth-order valence-electron chi connectivity index (χ4n) is 5.61. The standard InChI is InChI=1S/C31H22O4.H2O.W/c32-27-8-4-3-7-26(27)30(33)25-14-13-19-10-9-18-11-12-21(22-15-16-24(25)29(19)28(18)22)17-20-5-1-2-6-23(20)31(34)35;;/h1-16,28-29,32H,17H2,(H,34,35);1H2;. The minimum atomic E-state index is -0.927. The van der Waals surface area contributed by atoms with Crippen LogP contribution in [0, 0.1) is 11.8 Å². The summed E-state index contributed by atoms with van der Waals surface area (Å²) < 4.78 is 0. The summed E-state index contributed by atoms with van der Waals surface area (Å²) in [5.41, 5.74) is 7.49. The van der Waals surface area contributed by atoms with E-state index in [0.717, 1.165) is 27.9 Å². The zero-order chi connectivity index (χ0) is 24.1. The average Bonchev–Trinajstić information content (AvgIpc) is 2.88. The van der Waals surface area contributed by atoms with Crippen LogP contribution >= 0.6 is 0 Å². The number of carboxylic acids is 1. The predicted molar refractivity (Wildman–Crippen MR) is 138 cm³/mol. The molecule has 0 heterocycles. The fraction of sp³-hybridized carbons (Fsp3) is 0.0968. The van der Waals surface area contributed by atoms with E-state index in [9.17, 15) is 19.8 Å². The van der Waals surface area contributed by atoms with Crippen molar-refractivity contribution >= 4 is 11.8 Å². The molecule has 4 N–H and O–H groups in total. The second-order valence-electron chi connectivity index (χ2n) is 9.12. The molecule has 0 fully saturated rings. The van der Waals surface area contributed by atoms with Gasteiger partial charge in [-0.3, -0.25) is 4.79 Å². The number of hydrogen-bond acceptors (Lipinski definition) is 3. The Kier molecular flexibility index (Phi) is 7.31. The molecule has 0 radical (unpaired) electrons. The van der Waals surface area contributed by atoms with Crippen LogP contribution in [0.25, 0.3) is 0 Å². The number of carbonyl (C=O) groups is 2. The quantitative estimate of drug-likeness (QED) is 0.436. The molecule has 0 aliphatic heterocycles. The summed E-state index contributed by atoms with van der Waals surface area (Å²) in [6, 6.07) is 13.8. The van der Waals surface area contributed by atoms with Gasteiger partial charge in [0.1, 0.15) is 5.75 Å². The largest absolute Gasteiger partial charge is 0.507 e. The monoisotopic (exact) mass is 660 g/mol. The van der Waals surface area contributed by atoms with Gasteiger partial charge in [0.05, 0.1) is 11.1 Å². The van der Waals surface area contributed by atoms with E-state index in [2.05, 4.69) is 30.4 Å². The summed E-state index contributed by atoms with van der Waals surface area (Å²) in [6.45, 7) is 0. The summed E-state index contributed by atoms with van der Waals surface area (Å²) in [6.07, 6.45) is 16.9. The number of hydrogen-bond donors (Lipinski definition) is 2. The number of carboxylic acid groups (broad SMARTS) is 1. The number of allylic oxidation sites excluding steroid dienone is 14. The molecule has 2 atom stereocenters. The van der Waals surface area contributed by atoms with Gasteiger partial charge in [0.25, 0.3) is 0 Å². The summed E-state index contributed by atoms with van der Waals surface area (Å²) in [4.78, 5) is 25.2. The maximum Gasteiger partial charge on any atom is 0.335 e. The average molecular weight is 660 g/mol. The van der Waals surface area contributed by atoms with E-state index in [0.29, 0.717) is 23.1 Å². The smallest absolute Gasteiger partial charge is 0.335 e. The number of aromatic hydroxyl groups is 1. The van der Waals surface area contributed by atoms with E-state index in [-0.39, 0.29) is 49.9 Å². The van der Waals surface area contributed by atoms with E-state index < -0.39 is 5.97 Å². The zero-order valence-electron chi connectivity index (χ0n) is 19.7. The van der Waals surface area contributed by atoms with Crippen LogP contribution in [-0.4, -0.2) is 27.4 Å². The summed E-state index contributed by atoms with van der Waals surface area (Å²) >= 11 is 0. The van der Waals surface area contributed by atoms with Crippen molar-refractivity contribution in [2.45, 2.75) is 6.42 Å². The number of aromatic carboxylic acids is 1. The Morgan fingerprint density at radius 2 is 1.32 bits per heavy atom. The Hall–Kier alpha value is -3.79. The molecule has 0 aromatic heterocycles. The van der Waals surface area contributed by atoms with Gasteiger partial charge in [0, 0.05) is 38.5 Å². The van der Waals surface area contributed by atoms with Crippen LogP contribution in [0.5, 0.6) is 5.75 Å². The van der Waals surface area contributed by atoms with Crippen molar-refractivity contribution in [3.8, 4) is 5.75 Å². The number of phenols is 1. The molecule has 4 aliphatic carbocycles. The molecule has 2 unspecified atom stereocenters. The second-order valence-corrected chi connectivity index (χ2v) is 9.12.